The third-order valence-electron chi connectivity index (χ3n) is 5.95. The summed E-state index contributed by atoms with van der Waals surface area (Å²) in [5, 5.41) is 9.81. The van der Waals surface area contributed by atoms with E-state index in [1.54, 1.807) is 0 Å². The molecular weight excluding hydrogens is 404 g/mol. The first-order valence-electron chi connectivity index (χ1n) is 11.0. The largest absolute Gasteiger partial charge is 0.300 e. The molecule has 0 unspecified atom stereocenters. The second-order valence-corrected chi connectivity index (χ2v) is 9.26. The Balaban J connectivity index is 1.51. The van der Waals surface area contributed by atoms with E-state index in [-0.39, 0.29) is 5.78 Å². The molecule has 1 saturated heterocycles. The molecule has 4 rings (SSSR count). The number of rotatable bonds is 8. The van der Waals surface area contributed by atoms with Crippen molar-refractivity contribution < 1.29 is 4.79 Å². The lowest BCUT2D eigenvalue weighted by Crippen LogP contribution is -2.30. The standard InChI is InChI=1S/C25H30N4OS/c1-19-11-12-22(15-20(19)2)23(30)18-31-25-27-26-24(17-28-13-7-4-8-14-28)29(25)16-21-9-5-3-6-10-21/h3,5-6,9-12,15H,4,7-8,13-14,16-18H2,1-2H3. The summed E-state index contributed by atoms with van der Waals surface area (Å²) >= 11 is 1.48. The van der Waals surface area contributed by atoms with Crippen LogP contribution in [0.15, 0.2) is 53.7 Å². The second-order valence-electron chi connectivity index (χ2n) is 8.32. The van der Waals surface area contributed by atoms with Gasteiger partial charge in [-0.15, -0.1) is 10.2 Å². The van der Waals surface area contributed by atoms with Gasteiger partial charge in [-0.25, -0.2) is 0 Å². The molecule has 0 saturated carbocycles. The van der Waals surface area contributed by atoms with E-state index >= 15 is 0 Å². The number of piperidine rings is 1. The van der Waals surface area contributed by atoms with E-state index < -0.39 is 0 Å². The number of nitrogens with zero attached hydrogens (tertiary/aromatic N) is 4. The van der Waals surface area contributed by atoms with Crippen LogP contribution in [0.25, 0.3) is 0 Å². The number of ketones is 1. The molecule has 0 amide bonds. The van der Waals surface area contributed by atoms with Crippen molar-refractivity contribution in [3.63, 3.8) is 0 Å². The molecule has 0 aliphatic carbocycles. The molecule has 2 aromatic carbocycles. The van der Waals surface area contributed by atoms with Crippen molar-refractivity contribution in [2.75, 3.05) is 18.8 Å². The number of aryl methyl sites for hydroxylation is 2. The van der Waals surface area contributed by atoms with Gasteiger partial charge >= 0.3 is 0 Å². The monoisotopic (exact) mass is 434 g/mol. The molecule has 2 heterocycles. The Labute approximate surface area is 188 Å². The van der Waals surface area contributed by atoms with Crippen molar-refractivity contribution in [1.82, 2.24) is 19.7 Å². The van der Waals surface area contributed by atoms with Crippen molar-refractivity contribution >= 4 is 17.5 Å². The number of aromatic nitrogens is 3. The maximum Gasteiger partial charge on any atom is 0.192 e. The Kier molecular flexibility index (Phi) is 7.20. The highest BCUT2D eigenvalue weighted by Crippen LogP contribution is 2.22. The molecule has 1 aliphatic heterocycles. The van der Waals surface area contributed by atoms with Gasteiger partial charge in [0, 0.05) is 5.56 Å². The fourth-order valence-electron chi connectivity index (χ4n) is 3.91. The quantitative estimate of drug-likeness (QED) is 0.373. The van der Waals surface area contributed by atoms with Gasteiger partial charge < -0.3 is 4.57 Å². The van der Waals surface area contributed by atoms with E-state index in [2.05, 4.69) is 50.9 Å². The summed E-state index contributed by atoms with van der Waals surface area (Å²) in [7, 11) is 0. The van der Waals surface area contributed by atoms with Gasteiger partial charge in [0.05, 0.1) is 18.8 Å². The summed E-state index contributed by atoms with van der Waals surface area (Å²) in [6.07, 6.45) is 3.81. The lowest BCUT2D eigenvalue weighted by Gasteiger charge is -2.26. The normalized spacial score (nSPS) is 14.6. The van der Waals surface area contributed by atoms with Gasteiger partial charge in [0.25, 0.3) is 0 Å². The first-order chi connectivity index (χ1) is 15.1. The van der Waals surface area contributed by atoms with Crippen LogP contribution in [0, 0.1) is 13.8 Å². The van der Waals surface area contributed by atoms with Crippen LogP contribution in [-0.2, 0) is 13.1 Å². The van der Waals surface area contributed by atoms with Crippen LogP contribution in [-0.4, -0.2) is 44.3 Å². The summed E-state index contributed by atoms with van der Waals surface area (Å²) < 4.78 is 2.18. The Hall–Kier alpha value is -2.44. The van der Waals surface area contributed by atoms with E-state index in [4.69, 9.17) is 0 Å². The van der Waals surface area contributed by atoms with Gasteiger partial charge in [-0.2, -0.15) is 0 Å². The van der Waals surface area contributed by atoms with Crippen LogP contribution in [0.1, 0.15) is 52.1 Å². The van der Waals surface area contributed by atoms with Crippen LogP contribution in [0.3, 0.4) is 0 Å². The molecule has 3 aromatic rings. The summed E-state index contributed by atoms with van der Waals surface area (Å²) in [4.78, 5) is 15.3. The number of hydrogen-bond acceptors (Lipinski definition) is 5. The highest BCUT2D eigenvalue weighted by atomic mass is 32.2. The number of carbonyl (C=O) groups is 1. The van der Waals surface area contributed by atoms with Crippen LogP contribution in [0.2, 0.25) is 0 Å². The van der Waals surface area contributed by atoms with Gasteiger partial charge in [-0.3, -0.25) is 9.69 Å². The van der Waals surface area contributed by atoms with E-state index in [9.17, 15) is 4.79 Å². The van der Waals surface area contributed by atoms with Crippen molar-refractivity contribution in [3.8, 4) is 0 Å². The molecule has 0 spiro atoms. The minimum atomic E-state index is 0.125. The zero-order valence-electron chi connectivity index (χ0n) is 18.4. The average molecular weight is 435 g/mol. The van der Waals surface area contributed by atoms with Gasteiger partial charge in [-0.1, -0.05) is 60.6 Å². The predicted molar refractivity (Wildman–Crippen MR) is 126 cm³/mol. The van der Waals surface area contributed by atoms with Gasteiger partial charge in [-0.05, 0) is 62.5 Å². The summed E-state index contributed by atoms with van der Waals surface area (Å²) in [6.45, 7) is 7.87. The fourth-order valence-corrected chi connectivity index (χ4v) is 4.76. The van der Waals surface area contributed by atoms with Crippen molar-refractivity contribution in [1.29, 1.82) is 0 Å². The molecule has 0 atom stereocenters. The lowest BCUT2D eigenvalue weighted by atomic mass is 10.0. The Morgan fingerprint density at radius 2 is 1.71 bits per heavy atom. The number of benzene rings is 2. The molecule has 0 radical (unpaired) electrons. The average Bonchev–Trinajstić information content (AvgIpc) is 3.16. The number of likely N-dealkylation sites (tertiary alicyclic amines) is 1. The van der Waals surface area contributed by atoms with E-state index in [1.165, 1.54) is 42.2 Å². The molecule has 31 heavy (non-hydrogen) atoms. The fraction of sp³-hybridized carbons (Fsp3) is 0.400. The topological polar surface area (TPSA) is 51.0 Å². The molecule has 5 nitrogen and oxygen atoms in total. The van der Waals surface area contributed by atoms with Crippen molar-refractivity contribution in [3.05, 3.63) is 76.6 Å². The van der Waals surface area contributed by atoms with E-state index in [1.807, 2.05) is 31.2 Å². The SMILES string of the molecule is Cc1ccc(C(=O)CSc2nnc(CN3CCCCC3)n2Cc2ccccc2)cc1C. The maximum absolute atomic E-state index is 12.8. The zero-order valence-corrected chi connectivity index (χ0v) is 19.2. The molecule has 162 valence electrons. The molecule has 1 fully saturated rings. The molecule has 1 aromatic heterocycles. The highest BCUT2D eigenvalue weighted by molar-refractivity contribution is 7.99. The third-order valence-corrected chi connectivity index (χ3v) is 6.92. The third kappa shape index (κ3) is 5.63. The van der Waals surface area contributed by atoms with E-state index in [0.29, 0.717) is 5.75 Å². The number of Topliss-reactive ketones (excluding diaryl/α,β-unsaturated/α-hetero) is 1. The zero-order chi connectivity index (χ0) is 21.6. The molecule has 0 bridgehead atoms. The number of thioether (sulfide) groups is 1. The van der Waals surface area contributed by atoms with Gasteiger partial charge in [0.15, 0.2) is 10.9 Å². The predicted octanol–water partition coefficient (Wildman–Crippen LogP) is 4.90. The smallest absolute Gasteiger partial charge is 0.192 e. The van der Waals surface area contributed by atoms with Crippen LogP contribution in [0.5, 0.6) is 0 Å². The lowest BCUT2D eigenvalue weighted by molar-refractivity contribution is 0.102. The van der Waals surface area contributed by atoms with Crippen LogP contribution in [0.4, 0.5) is 0 Å². The number of carbonyl (C=O) groups excluding carboxylic acids is 1. The molecule has 6 heteroatoms. The summed E-state index contributed by atoms with van der Waals surface area (Å²) in [5.41, 5.74) is 4.32. The number of hydrogen-bond donors (Lipinski definition) is 0. The summed E-state index contributed by atoms with van der Waals surface area (Å²) in [5.74, 6) is 1.46. The van der Waals surface area contributed by atoms with Crippen molar-refractivity contribution in [2.24, 2.45) is 0 Å². The minimum Gasteiger partial charge on any atom is -0.300 e. The first-order valence-corrected chi connectivity index (χ1v) is 12.0. The first kappa shape index (κ1) is 21.8. The van der Waals surface area contributed by atoms with Gasteiger partial charge in [0.1, 0.15) is 5.82 Å². The maximum atomic E-state index is 12.8. The van der Waals surface area contributed by atoms with Crippen molar-refractivity contribution in [2.45, 2.75) is 51.4 Å². The second kappa shape index (κ2) is 10.2. The summed E-state index contributed by atoms with van der Waals surface area (Å²) in [6, 6.07) is 16.3. The molecule has 1 aliphatic rings. The molecule has 0 N–H and O–H groups in total. The van der Waals surface area contributed by atoms with Crippen LogP contribution < -0.4 is 0 Å². The van der Waals surface area contributed by atoms with Gasteiger partial charge in [0.2, 0.25) is 0 Å². The Morgan fingerprint density at radius 3 is 2.45 bits per heavy atom. The Bertz CT molecular complexity index is 1030. The van der Waals surface area contributed by atoms with Crippen LogP contribution >= 0.6 is 11.8 Å². The van der Waals surface area contributed by atoms with E-state index in [0.717, 1.165) is 48.3 Å². The highest BCUT2D eigenvalue weighted by Gasteiger charge is 2.19. The minimum absolute atomic E-state index is 0.125. The molecular formula is C25H30N4OS. The Morgan fingerprint density at radius 1 is 0.935 bits per heavy atom.